The van der Waals surface area contributed by atoms with E-state index in [0.717, 1.165) is 16.1 Å². The van der Waals surface area contributed by atoms with Crippen molar-refractivity contribution in [2.75, 3.05) is 5.73 Å². The first-order valence-electron chi connectivity index (χ1n) is 7.28. The van der Waals surface area contributed by atoms with Gasteiger partial charge >= 0.3 is 0 Å². The van der Waals surface area contributed by atoms with Crippen molar-refractivity contribution in [3.8, 4) is 11.4 Å². The molecule has 0 saturated carbocycles. The second-order valence-electron chi connectivity index (χ2n) is 5.22. The Balaban J connectivity index is 1.64. The normalized spacial score (nSPS) is 12.1. The lowest BCUT2D eigenvalue weighted by Gasteiger charge is -2.09. The third kappa shape index (κ3) is 3.57. The number of pyridine rings is 1. The lowest BCUT2D eigenvalue weighted by molar-refractivity contribution is -0.121. The molecule has 0 radical (unpaired) electrons. The van der Waals surface area contributed by atoms with E-state index in [0.29, 0.717) is 16.8 Å². The van der Waals surface area contributed by atoms with Crippen LogP contribution in [0.25, 0.3) is 11.4 Å². The topological polar surface area (TPSA) is 120 Å². The number of nitrogens with one attached hydrogen (secondary N) is 1. The molecule has 3 heterocycles. The van der Waals surface area contributed by atoms with Gasteiger partial charge in [0.2, 0.25) is 17.6 Å². The number of carbonyl (C=O) groups excluding carboxylic acids is 1. The smallest absolute Gasteiger partial charge is 0.249 e. The van der Waals surface area contributed by atoms with Gasteiger partial charge < -0.3 is 15.6 Å². The predicted octanol–water partition coefficient (Wildman–Crippen LogP) is 1.90. The van der Waals surface area contributed by atoms with Crippen LogP contribution in [0.2, 0.25) is 0 Å². The molecule has 9 heteroatoms. The molecule has 3 aromatic heterocycles. The number of nitrogens with two attached hydrogens (primary N) is 1. The summed E-state index contributed by atoms with van der Waals surface area (Å²) in [5, 5.41) is 7.21. The van der Waals surface area contributed by atoms with Crippen LogP contribution >= 0.6 is 11.3 Å². The molecule has 3 N–H and O–H groups in total. The first-order chi connectivity index (χ1) is 11.5. The number of aryl methyl sites for hydroxylation is 1. The minimum absolute atomic E-state index is 0.157. The fourth-order valence-electron chi connectivity index (χ4n) is 2.14. The Morgan fingerprint density at radius 2 is 2.29 bits per heavy atom. The van der Waals surface area contributed by atoms with Gasteiger partial charge in [-0.25, -0.2) is 4.98 Å². The summed E-state index contributed by atoms with van der Waals surface area (Å²) in [7, 11) is 0. The summed E-state index contributed by atoms with van der Waals surface area (Å²) in [4.78, 5) is 25.4. The van der Waals surface area contributed by atoms with E-state index in [1.54, 1.807) is 25.4 Å². The summed E-state index contributed by atoms with van der Waals surface area (Å²) in [5.74, 6) is 0.614. The van der Waals surface area contributed by atoms with E-state index in [9.17, 15) is 4.79 Å². The number of nitrogen functional groups attached to an aromatic ring is 1. The Morgan fingerprint density at radius 1 is 1.46 bits per heavy atom. The van der Waals surface area contributed by atoms with Gasteiger partial charge in [-0.2, -0.15) is 4.98 Å². The molecule has 0 aromatic carbocycles. The first kappa shape index (κ1) is 16.1. The fraction of sp³-hybridized carbons (Fsp3) is 0.267. The van der Waals surface area contributed by atoms with E-state index in [2.05, 4.69) is 25.4 Å². The van der Waals surface area contributed by atoms with Crippen molar-refractivity contribution < 1.29 is 9.32 Å². The Labute approximate surface area is 142 Å². The maximum atomic E-state index is 12.2. The maximum absolute atomic E-state index is 12.2. The molecule has 0 bridgehead atoms. The average Bonchev–Trinajstić information content (AvgIpc) is 3.15. The minimum atomic E-state index is -0.402. The summed E-state index contributed by atoms with van der Waals surface area (Å²) < 4.78 is 5.23. The van der Waals surface area contributed by atoms with Crippen molar-refractivity contribution in [1.82, 2.24) is 25.4 Å². The van der Waals surface area contributed by atoms with Crippen molar-refractivity contribution in [2.45, 2.75) is 26.3 Å². The minimum Gasteiger partial charge on any atom is -0.375 e. The van der Waals surface area contributed by atoms with Crippen molar-refractivity contribution in [3.63, 3.8) is 0 Å². The Kier molecular flexibility index (Phi) is 4.52. The van der Waals surface area contributed by atoms with Crippen molar-refractivity contribution in [1.29, 1.82) is 0 Å². The van der Waals surface area contributed by atoms with E-state index in [1.165, 1.54) is 11.3 Å². The zero-order valence-corrected chi connectivity index (χ0v) is 14.0. The highest BCUT2D eigenvalue weighted by Gasteiger charge is 2.18. The third-order valence-electron chi connectivity index (χ3n) is 3.34. The molecule has 24 heavy (non-hydrogen) atoms. The molecule has 1 atom stereocenters. The van der Waals surface area contributed by atoms with Gasteiger partial charge in [-0.05, 0) is 26.0 Å². The Bertz CT molecular complexity index is 845. The highest BCUT2D eigenvalue weighted by atomic mass is 32.1. The molecule has 0 fully saturated rings. The molecule has 8 nitrogen and oxygen atoms in total. The van der Waals surface area contributed by atoms with Crippen molar-refractivity contribution in [3.05, 3.63) is 41.0 Å². The van der Waals surface area contributed by atoms with Crippen molar-refractivity contribution >= 4 is 22.4 Å². The highest BCUT2D eigenvalue weighted by molar-refractivity contribution is 7.15. The number of nitrogens with zero attached hydrogens (tertiary/aromatic N) is 4. The van der Waals surface area contributed by atoms with E-state index in [1.807, 2.05) is 13.0 Å². The van der Waals surface area contributed by atoms with Crippen LogP contribution in [0.1, 0.15) is 29.4 Å². The number of amides is 1. The van der Waals surface area contributed by atoms with Gasteiger partial charge in [0.25, 0.3) is 0 Å². The van der Waals surface area contributed by atoms with Crippen LogP contribution in [0.5, 0.6) is 0 Å². The van der Waals surface area contributed by atoms with Gasteiger partial charge in [-0.1, -0.05) is 5.16 Å². The van der Waals surface area contributed by atoms with Gasteiger partial charge in [0, 0.05) is 22.8 Å². The van der Waals surface area contributed by atoms with Crippen LogP contribution in [-0.2, 0) is 11.2 Å². The molecule has 0 aliphatic rings. The quantitative estimate of drug-likeness (QED) is 0.725. The molecule has 1 amide bonds. The van der Waals surface area contributed by atoms with Crippen LogP contribution in [0.4, 0.5) is 5.13 Å². The highest BCUT2D eigenvalue weighted by Crippen LogP contribution is 2.21. The molecule has 1 unspecified atom stereocenters. The second kappa shape index (κ2) is 6.75. The summed E-state index contributed by atoms with van der Waals surface area (Å²) >= 11 is 1.31. The van der Waals surface area contributed by atoms with Gasteiger partial charge in [0.1, 0.15) is 6.04 Å². The summed E-state index contributed by atoms with van der Waals surface area (Å²) in [5.41, 5.74) is 7.17. The van der Waals surface area contributed by atoms with Crippen LogP contribution < -0.4 is 11.1 Å². The summed E-state index contributed by atoms with van der Waals surface area (Å²) in [6, 6.07) is 3.22. The van der Waals surface area contributed by atoms with Crippen molar-refractivity contribution in [2.24, 2.45) is 0 Å². The third-order valence-corrected chi connectivity index (χ3v) is 4.33. The molecular formula is C15H16N6O2S. The number of hydrogen-bond acceptors (Lipinski definition) is 8. The van der Waals surface area contributed by atoms with Crippen LogP contribution in [0.15, 0.2) is 29.0 Å². The number of anilines is 1. The van der Waals surface area contributed by atoms with Gasteiger partial charge in [0.05, 0.1) is 12.1 Å². The Hall–Kier alpha value is -2.81. The predicted molar refractivity (Wildman–Crippen MR) is 89.1 cm³/mol. The second-order valence-corrected chi connectivity index (χ2v) is 6.34. The zero-order valence-electron chi connectivity index (χ0n) is 13.2. The standard InChI is InChI=1S/C15H16N6O2S/c1-8-11(24-15(16)19-8)6-12(22)18-9(2)14-20-13(21-23-14)10-4-3-5-17-7-10/h3-5,7,9H,6H2,1-2H3,(H2,16,19)(H,18,22). The lowest BCUT2D eigenvalue weighted by atomic mass is 10.2. The fourth-order valence-corrected chi connectivity index (χ4v) is 2.97. The molecule has 124 valence electrons. The number of aromatic nitrogens is 4. The number of hydrogen-bond donors (Lipinski definition) is 2. The van der Waals surface area contributed by atoms with Crippen LogP contribution in [0, 0.1) is 6.92 Å². The van der Waals surface area contributed by atoms with E-state index >= 15 is 0 Å². The van der Waals surface area contributed by atoms with Crippen LogP contribution in [-0.4, -0.2) is 26.0 Å². The van der Waals surface area contributed by atoms with Gasteiger partial charge in [0.15, 0.2) is 5.13 Å². The molecule has 0 aliphatic carbocycles. The molecular weight excluding hydrogens is 328 g/mol. The van der Waals surface area contributed by atoms with E-state index in [4.69, 9.17) is 10.3 Å². The Morgan fingerprint density at radius 3 is 2.96 bits per heavy atom. The van der Waals surface area contributed by atoms with Gasteiger partial charge in [-0.15, -0.1) is 11.3 Å². The number of carbonyl (C=O) groups is 1. The molecule has 3 rings (SSSR count). The largest absolute Gasteiger partial charge is 0.375 e. The zero-order chi connectivity index (χ0) is 17.1. The van der Waals surface area contributed by atoms with Crippen LogP contribution in [0.3, 0.4) is 0 Å². The SMILES string of the molecule is Cc1nc(N)sc1CC(=O)NC(C)c1nc(-c2cccnc2)no1. The van der Waals surface area contributed by atoms with E-state index < -0.39 is 6.04 Å². The molecule has 0 spiro atoms. The molecule has 0 saturated heterocycles. The summed E-state index contributed by atoms with van der Waals surface area (Å²) in [6.07, 6.45) is 3.53. The monoisotopic (exact) mass is 344 g/mol. The lowest BCUT2D eigenvalue weighted by Crippen LogP contribution is -2.28. The molecule has 0 aliphatic heterocycles. The average molecular weight is 344 g/mol. The summed E-state index contributed by atoms with van der Waals surface area (Å²) in [6.45, 7) is 3.61. The number of rotatable bonds is 5. The molecule has 3 aromatic rings. The first-order valence-corrected chi connectivity index (χ1v) is 8.09. The van der Waals surface area contributed by atoms with Gasteiger partial charge in [-0.3, -0.25) is 9.78 Å². The maximum Gasteiger partial charge on any atom is 0.249 e. The number of thiazole rings is 1. The van der Waals surface area contributed by atoms with E-state index in [-0.39, 0.29) is 12.3 Å².